The van der Waals surface area contributed by atoms with E-state index >= 15 is 0 Å². The summed E-state index contributed by atoms with van der Waals surface area (Å²) >= 11 is 1.12. The van der Waals surface area contributed by atoms with Gasteiger partial charge in [0, 0.05) is 0 Å². The molecule has 0 unspecified atom stereocenters. The van der Waals surface area contributed by atoms with Gasteiger partial charge in [0.1, 0.15) is 5.38 Å². The van der Waals surface area contributed by atoms with E-state index in [0.717, 1.165) is 11.5 Å². The molecule has 2 heterocycles. The maximum absolute atomic E-state index is 4.69. The number of aromatic nitrogens is 4. The van der Waals surface area contributed by atoms with Crippen molar-refractivity contribution in [1.29, 1.82) is 0 Å². The Kier molecular flexibility index (Phi) is 1.17. The molecule has 5 nitrogen and oxygen atoms in total. The molecule has 6 heteroatoms. The fourth-order valence-corrected chi connectivity index (χ4v) is 0.887. The lowest BCUT2D eigenvalue weighted by molar-refractivity contribution is 0.428. The van der Waals surface area contributed by atoms with E-state index < -0.39 is 0 Å². The van der Waals surface area contributed by atoms with Crippen LogP contribution in [0.2, 0.25) is 0 Å². The highest BCUT2D eigenvalue weighted by Crippen LogP contribution is 2.11. The predicted octanol–water partition coefficient (Wildman–Crippen LogP) is 0.388. The van der Waals surface area contributed by atoms with Crippen LogP contribution in [0.25, 0.3) is 11.6 Å². The molecule has 0 aliphatic rings. The summed E-state index contributed by atoms with van der Waals surface area (Å²) in [6.07, 6.45) is 1.31. The minimum Gasteiger partial charge on any atom is -0.332 e. The summed E-state index contributed by atoms with van der Waals surface area (Å²) in [6.45, 7) is 0. The summed E-state index contributed by atoms with van der Waals surface area (Å²) in [5.41, 5.74) is 0.502. The Morgan fingerprint density at radius 1 is 1.60 bits per heavy atom. The predicted molar refractivity (Wildman–Crippen MR) is 32.0 cm³/mol. The van der Waals surface area contributed by atoms with Crippen LogP contribution in [0.5, 0.6) is 0 Å². The Hall–Kier alpha value is -1.30. The van der Waals surface area contributed by atoms with Gasteiger partial charge >= 0.3 is 0 Å². The van der Waals surface area contributed by atoms with E-state index in [1.165, 1.54) is 6.33 Å². The van der Waals surface area contributed by atoms with Crippen LogP contribution >= 0.6 is 11.5 Å². The molecular formula is C4HN4OS. The Morgan fingerprint density at radius 3 is 3.20 bits per heavy atom. The molecule has 0 saturated carbocycles. The van der Waals surface area contributed by atoms with Crippen LogP contribution in [0.4, 0.5) is 0 Å². The minimum absolute atomic E-state index is 0.355. The van der Waals surface area contributed by atoms with E-state index in [1.54, 1.807) is 0 Å². The van der Waals surface area contributed by atoms with E-state index in [-0.39, 0.29) is 0 Å². The van der Waals surface area contributed by atoms with Crippen LogP contribution in [-0.2, 0) is 0 Å². The summed E-state index contributed by atoms with van der Waals surface area (Å²) in [5.74, 6) is 0.355. The van der Waals surface area contributed by atoms with Gasteiger partial charge < -0.3 is 4.52 Å². The molecule has 2 aromatic heterocycles. The maximum Gasteiger partial charge on any atom is 0.279 e. The summed E-state index contributed by atoms with van der Waals surface area (Å²) in [6, 6.07) is 0. The highest BCUT2D eigenvalue weighted by atomic mass is 32.1. The van der Waals surface area contributed by atoms with Crippen molar-refractivity contribution < 1.29 is 4.52 Å². The third-order valence-electron chi connectivity index (χ3n) is 0.888. The maximum atomic E-state index is 4.69. The molecule has 0 saturated heterocycles. The van der Waals surface area contributed by atoms with Gasteiger partial charge in [-0.1, -0.05) is 9.64 Å². The molecule has 0 fully saturated rings. The molecule has 0 spiro atoms. The first-order valence-corrected chi connectivity index (χ1v) is 3.21. The second-order valence-electron chi connectivity index (χ2n) is 1.47. The van der Waals surface area contributed by atoms with Crippen LogP contribution < -0.4 is 0 Å². The fourth-order valence-electron chi connectivity index (χ4n) is 0.509. The molecule has 49 valence electrons. The summed E-state index contributed by atoms with van der Waals surface area (Å²) in [5, 5.41) is 9.85. The van der Waals surface area contributed by atoms with Crippen LogP contribution in [-0.4, -0.2) is 19.7 Å². The first-order valence-electron chi connectivity index (χ1n) is 2.44. The second kappa shape index (κ2) is 2.14. The topological polar surface area (TPSA) is 64.7 Å². The van der Waals surface area contributed by atoms with Gasteiger partial charge in [0.05, 0.1) is 0 Å². The van der Waals surface area contributed by atoms with Gasteiger partial charge in [0.2, 0.25) is 0 Å². The van der Waals surface area contributed by atoms with Crippen LogP contribution in [0.3, 0.4) is 0 Å². The van der Waals surface area contributed by atoms with Crippen LogP contribution in [0, 0.1) is 5.38 Å². The summed E-state index contributed by atoms with van der Waals surface area (Å²) in [4.78, 5) is 3.75. The van der Waals surface area contributed by atoms with Gasteiger partial charge in [0.25, 0.3) is 5.89 Å². The molecular weight excluding hydrogens is 152 g/mol. The van der Waals surface area contributed by atoms with Crippen molar-refractivity contribution in [3.8, 4) is 11.6 Å². The fraction of sp³-hybridized carbons (Fsp3) is 0. The van der Waals surface area contributed by atoms with Gasteiger partial charge in [-0.15, -0.1) is 5.10 Å². The van der Waals surface area contributed by atoms with Gasteiger partial charge in [-0.3, -0.25) is 0 Å². The highest BCUT2D eigenvalue weighted by molar-refractivity contribution is 7.03. The third-order valence-corrected chi connectivity index (χ3v) is 1.34. The number of hydrogen-bond acceptors (Lipinski definition) is 6. The zero-order valence-corrected chi connectivity index (χ0v) is 5.50. The van der Waals surface area contributed by atoms with E-state index in [4.69, 9.17) is 0 Å². The SMILES string of the molecule is [c]1snnc1-c1ncno1. The molecule has 0 aliphatic heterocycles. The van der Waals surface area contributed by atoms with Crippen LogP contribution in [0.1, 0.15) is 0 Å². The summed E-state index contributed by atoms with van der Waals surface area (Å²) in [7, 11) is 0. The van der Waals surface area contributed by atoms with Gasteiger partial charge in [-0.2, -0.15) is 4.98 Å². The Balaban J connectivity index is 2.48. The molecule has 0 N–H and O–H groups in total. The van der Waals surface area contributed by atoms with E-state index in [0.29, 0.717) is 11.6 Å². The van der Waals surface area contributed by atoms with Gasteiger partial charge in [0.15, 0.2) is 12.0 Å². The van der Waals surface area contributed by atoms with E-state index in [9.17, 15) is 0 Å². The zero-order valence-electron chi connectivity index (χ0n) is 4.68. The highest BCUT2D eigenvalue weighted by Gasteiger charge is 2.05. The smallest absolute Gasteiger partial charge is 0.279 e. The lowest BCUT2D eigenvalue weighted by atomic mass is 10.5. The number of nitrogens with zero attached hydrogens (tertiary/aromatic N) is 4. The Labute approximate surface area is 59.9 Å². The van der Waals surface area contributed by atoms with Crippen molar-refractivity contribution in [3.05, 3.63) is 11.7 Å². The van der Waals surface area contributed by atoms with Crippen molar-refractivity contribution in [2.45, 2.75) is 0 Å². The van der Waals surface area contributed by atoms with Crippen molar-refractivity contribution in [1.82, 2.24) is 19.7 Å². The molecule has 2 rings (SSSR count). The number of rotatable bonds is 1. The first kappa shape index (κ1) is 5.48. The standard InChI is InChI=1S/C4HN4OS/c1-3(7-8-10-1)4-5-2-6-9-4/h2H. The van der Waals surface area contributed by atoms with Gasteiger partial charge in [-0.05, 0) is 11.5 Å². The zero-order chi connectivity index (χ0) is 6.81. The molecule has 0 atom stereocenters. The van der Waals surface area contributed by atoms with E-state index in [1.807, 2.05) is 0 Å². The lowest BCUT2D eigenvalue weighted by Crippen LogP contribution is -1.75. The second-order valence-corrected chi connectivity index (χ2v) is 2.02. The molecule has 0 aromatic carbocycles. The van der Waals surface area contributed by atoms with Crippen molar-refractivity contribution in [3.63, 3.8) is 0 Å². The molecule has 0 bridgehead atoms. The first-order chi connectivity index (χ1) is 4.97. The normalized spacial score (nSPS) is 10.0. The Morgan fingerprint density at radius 2 is 2.60 bits per heavy atom. The molecule has 0 aliphatic carbocycles. The Bertz CT molecular complexity index is 257. The largest absolute Gasteiger partial charge is 0.332 e. The average molecular weight is 153 g/mol. The molecule has 2 aromatic rings. The van der Waals surface area contributed by atoms with Crippen molar-refractivity contribution in [2.75, 3.05) is 0 Å². The summed E-state index contributed by atoms with van der Waals surface area (Å²) < 4.78 is 8.28. The number of hydrogen-bond donors (Lipinski definition) is 0. The van der Waals surface area contributed by atoms with Crippen molar-refractivity contribution >= 4 is 11.5 Å². The molecule has 1 radical (unpaired) electrons. The molecule has 10 heavy (non-hydrogen) atoms. The minimum atomic E-state index is 0.355. The van der Waals surface area contributed by atoms with E-state index in [2.05, 4.69) is 29.6 Å². The monoisotopic (exact) mass is 153 g/mol. The van der Waals surface area contributed by atoms with Crippen LogP contribution in [0.15, 0.2) is 10.9 Å². The molecule has 0 amide bonds. The van der Waals surface area contributed by atoms with Gasteiger partial charge in [-0.25, -0.2) is 0 Å². The van der Waals surface area contributed by atoms with Crippen molar-refractivity contribution in [2.24, 2.45) is 0 Å². The quantitative estimate of drug-likeness (QED) is 0.592. The lowest BCUT2D eigenvalue weighted by Gasteiger charge is -1.77. The average Bonchev–Trinajstić information content (AvgIpc) is 2.59. The third kappa shape index (κ3) is 0.781.